The molecular weight excluding hydrogens is 206 g/mol. The molecule has 0 aliphatic carbocycles. The Bertz CT molecular complexity index is 285. The van der Waals surface area contributed by atoms with E-state index in [1.54, 1.807) is 30.0 Å². The third-order valence-electron chi connectivity index (χ3n) is 1.34. The van der Waals surface area contributed by atoms with Gasteiger partial charge in [0.05, 0.1) is 18.7 Å². The number of ether oxygens (including phenoxy) is 1. The number of nitrogens with zero attached hydrogens (tertiary/aromatic N) is 1. The van der Waals surface area contributed by atoms with E-state index in [0.717, 1.165) is 10.0 Å². The van der Waals surface area contributed by atoms with Gasteiger partial charge in [-0.25, -0.2) is 4.98 Å². The molecule has 0 amide bonds. The molecule has 0 N–H and O–H groups in total. The SMILES string of the molecule is CCOC(=O)Cc1csc(SC)n1. The van der Waals surface area contributed by atoms with Gasteiger partial charge in [0.1, 0.15) is 4.34 Å². The Kier molecular flexibility index (Phi) is 4.24. The molecule has 1 rings (SSSR count). The standard InChI is InChI=1S/C8H11NO2S2/c1-3-11-7(10)4-6-5-13-8(9-6)12-2/h5H,3-4H2,1-2H3. The predicted molar refractivity (Wildman–Crippen MR) is 54.2 cm³/mol. The fraction of sp³-hybridized carbons (Fsp3) is 0.500. The fourth-order valence-electron chi connectivity index (χ4n) is 0.823. The predicted octanol–water partition coefficient (Wildman–Crippen LogP) is 1.97. The first-order chi connectivity index (χ1) is 6.26. The van der Waals surface area contributed by atoms with Crippen molar-refractivity contribution in [2.75, 3.05) is 12.9 Å². The number of thioether (sulfide) groups is 1. The van der Waals surface area contributed by atoms with Gasteiger partial charge in [0.25, 0.3) is 0 Å². The zero-order valence-corrected chi connectivity index (χ0v) is 9.20. The summed E-state index contributed by atoms with van der Waals surface area (Å²) < 4.78 is 5.79. The second-order valence-corrected chi connectivity index (χ2v) is 4.20. The van der Waals surface area contributed by atoms with Crippen molar-refractivity contribution < 1.29 is 9.53 Å². The molecule has 0 saturated carbocycles. The van der Waals surface area contributed by atoms with Crippen LogP contribution in [0.4, 0.5) is 0 Å². The minimum absolute atomic E-state index is 0.208. The van der Waals surface area contributed by atoms with Crippen molar-refractivity contribution >= 4 is 29.1 Å². The van der Waals surface area contributed by atoms with E-state index in [2.05, 4.69) is 4.98 Å². The topological polar surface area (TPSA) is 39.2 Å². The molecule has 5 heteroatoms. The van der Waals surface area contributed by atoms with Crippen molar-refractivity contribution in [1.82, 2.24) is 4.98 Å². The quantitative estimate of drug-likeness (QED) is 0.571. The highest BCUT2D eigenvalue weighted by molar-refractivity contribution is 8.00. The Balaban J connectivity index is 2.49. The van der Waals surface area contributed by atoms with Gasteiger partial charge in [-0.15, -0.1) is 11.3 Å². The van der Waals surface area contributed by atoms with Gasteiger partial charge in [-0.3, -0.25) is 4.79 Å². The molecule has 0 radical (unpaired) electrons. The third kappa shape index (κ3) is 3.36. The number of carbonyl (C=O) groups excluding carboxylic acids is 1. The summed E-state index contributed by atoms with van der Waals surface area (Å²) in [6.45, 7) is 2.23. The summed E-state index contributed by atoms with van der Waals surface area (Å²) in [4.78, 5) is 15.3. The molecule has 0 bridgehead atoms. The first-order valence-electron chi connectivity index (χ1n) is 3.90. The minimum Gasteiger partial charge on any atom is -0.466 e. The number of hydrogen-bond donors (Lipinski definition) is 0. The van der Waals surface area contributed by atoms with Gasteiger partial charge >= 0.3 is 5.97 Å². The molecule has 3 nitrogen and oxygen atoms in total. The van der Waals surface area contributed by atoms with Gasteiger partial charge in [0.15, 0.2) is 0 Å². The van der Waals surface area contributed by atoms with Crippen molar-refractivity contribution in [1.29, 1.82) is 0 Å². The van der Waals surface area contributed by atoms with Crippen molar-refractivity contribution in [3.63, 3.8) is 0 Å². The van der Waals surface area contributed by atoms with Gasteiger partial charge in [0.2, 0.25) is 0 Å². The molecule has 72 valence electrons. The number of hydrogen-bond acceptors (Lipinski definition) is 5. The second kappa shape index (κ2) is 5.24. The summed E-state index contributed by atoms with van der Waals surface area (Å²) in [5.74, 6) is -0.208. The third-order valence-corrected chi connectivity index (χ3v) is 3.25. The van der Waals surface area contributed by atoms with E-state index >= 15 is 0 Å². The molecular formula is C8H11NO2S2. The van der Waals surface area contributed by atoms with E-state index < -0.39 is 0 Å². The first kappa shape index (κ1) is 10.5. The Hall–Kier alpha value is -0.550. The van der Waals surface area contributed by atoms with E-state index in [1.165, 1.54) is 0 Å². The van der Waals surface area contributed by atoms with Crippen LogP contribution in [-0.2, 0) is 16.0 Å². The number of aromatic nitrogens is 1. The molecule has 0 saturated heterocycles. The van der Waals surface area contributed by atoms with Gasteiger partial charge in [0, 0.05) is 5.38 Å². The van der Waals surface area contributed by atoms with E-state index in [0.29, 0.717) is 6.61 Å². The summed E-state index contributed by atoms with van der Waals surface area (Å²) in [5, 5.41) is 1.89. The van der Waals surface area contributed by atoms with E-state index in [-0.39, 0.29) is 12.4 Å². The molecule has 0 aromatic carbocycles. The van der Waals surface area contributed by atoms with E-state index in [4.69, 9.17) is 4.74 Å². The Morgan fingerprint density at radius 1 is 1.77 bits per heavy atom. The van der Waals surface area contributed by atoms with Crippen LogP contribution in [0, 0.1) is 0 Å². The number of esters is 1. The highest BCUT2D eigenvalue weighted by Gasteiger charge is 2.07. The molecule has 0 fully saturated rings. The molecule has 1 aromatic heterocycles. The highest BCUT2D eigenvalue weighted by Crippen LogP contribution is 2.19. The fourth-order valence-corrected chi connectivity index (χ4v) is 2.10. The van der Waals surface area contributed by atoms with Crippen LogP contribution >= 0.6 is 23.1 Å². The van der Waals surface area contributed by atoms with Crippen LogP contribution in [0.1, 0.15) is 12.6 Å². The summed E-state index contributed by atoms with van der Waals surface area (Å²) in [6, 6.07) is 0. The van der Waals surface area contributed by atoms with Gasteiger partial charge < -0.3 is 4.74 Å². The summed E-state index contributed by atoms with van der Waals surface area (Å²) in [7, 11) is 0. The maximum absolute atomic E-state index is 11.0. The normalized spacial score (nSPS) is 10.0. The molecule has 0 aliphatic heterocycles. The van der Waals surface area contributed by atoms with E-state index in [9.17, 15) is 4.79 Å². The summed E-state index contributed by atoms with van der Waals surface area (Å²) in [6.07, 6.45) is 2.25. The molecule has 0 spiro atoms. The summed E-state index contributed by atoms with van der Waals surface area (Å²) in [5.41, 5.74) is 0.799. The van der Waals surface area contributed by atoms with Crippen LogP contribution in [-0.4, -0.2) is 23.8 Å². The van der Waals surface area contributed by atoms with Gasteiger partial charge in [-0.2, -0.15) is 0 Å². The lowest BCUT2D eigenvalue weighted by atomic mass is 10.3. The molecule has 0 unspecified atom stereocenters. The van der Waals surface area contributed by atoms with Crippen molar-refractivity contribution in [3.05, 3.63) is 11.1 Å². The molecule has 1 heterocycles. The van der Waals surface area contributed by atoms with Crippen LogP contribution in [0.5, 0.6) is 0 Å². The van der Waals surface area contributed by atoms with Crippen LogP contribution in [0.25, 0.3) is 0 Å². The van der Waals surface area contributed by atoms with Gasteiger partial charge in [-0.05, 0) is 13.2 Å². The van der Waals surface area contributed by atoms with Crippen LogP contribution in [0.15, 0.2) is 9.72 Å². The highest BCUT2D eigenvalue weighted by atomic mass is 32.2. The van der Waals surface area contributed by atoms with Crippen molar-refractivity contribution in [3.8, 4) is 0 Å². The zero-order chi connectivity index (χ0) is 9.68. The largest absolute Gasteiger partial charge is 0.466 e. The lowest BCUT2D eigenvalue weighted by molar-refractivity contribution is -0.142. The molecule has 0 atom stereocenters. The van der Waals surface area contributed by atoms with E-state index in [1.807, 2.05) is 11.6 Å². The molecule has 1 aromatic rings. The average molecular weight is 217 g/mol. The smallest absolute Gasteiger partial charge is 0.311 e. The Morgan fingerprint density at radius 2 is 2.54 bits per heavy atom. The maximum Gasteiger partial charge on any atom is 0.311 e. The number of carbonyl (C=O) groups is 1. The Labute approximate surface area is 85.5 Å². The first-order valence-corrected chi connectivity index (χ1v) is 6.00. The molecule has 13 heavy (non-hydrogen) atoms. The van der Waals surface area contributed by atoms with Gasteiger partial charge in [-0.1, -0.05) is 11.8 Å². The number of thiazole rings is 1. The average Bonchev–Trinajstić information content (AvgIpc) is 2.52. The van der Waals surface area contributed by atoms with Crippen LogP contribution in [0.2, 0.25) is 0 Å². The summed E-state index contributed by atoms with van der Waals surface area (Å²) >= 11 is 3.14. The lowest BCUT2D eigenvalue weighted by Crippen LogP contribution is -2.07. The van der Waals surface area contributed by atoms with Crippen molar-refractivity contribution in [2.24, 2.45) is 0 Å². The van der Waals surface area contributed by atoms with Crippen LogP contribution in [0.3, 0.4) is 0 Å². The second-order valence-electron chi connectivity index (χ2n) is 2.29. The van der Waals surface area contributed by atoms with Crippen LogP contribution < -0.4 is 0 Å². The molecule has 0 aliphatic rings. The Morgan fingerprint density at radius 3 is 3.08 bits per heavy atom. The lowest BCUT2D eigenvalue weighted by Gasteiger charge is -1.97. The van der Waals surface area contributed by atoms with Crippen molar-refractivity contribution in [2.45, 2.75) is 17.7 Å². The minimum atomic E-state index is -0.208. The zero-order valence-electron chi connectivity index (χ0n) is 7.57. The maximum atomic E-state index is 11.0. The number of rotatable bonds is 4. The monoisotopic (exact) mass is 217 g/mol.